The van der Waals surface area contributed by atoms with Crippen molar-refractivity contribution >= 4 is 11.8 Å². The van der Waals surface area contributed by atoms with Crippen molar-refractivity contribution in [1.29, 1.82) is 0 Å². The maximum atomic E-state index is 6.09. The van der Waals surface area contributed by atoms with Crippen molar-refractivity contribution < 1.29 is 4.74 Å². The molecule has 1 aromatic rings. The van der Waals surface area contributed by atoms with Gasteiger partial charge in [0.05, 0.1) is 6.10 Å². The molecule has 0 spiro atoms. The summed E-state index contributed by atoms with van der Waals surface area (Å²) in [5.41, 5.74) is 0.160. The quantitative estimate of drug-likeness (QED) is 0.341. The Morgan fingerprint density at radius 2 is 2.04 bits per heavy atom. The monoisotopic (exact) mass is 389 g/mol. The van der Waals surface area contributed by atoms with Gasteiger partial charge in [-0.2, -0.15) is 0 Å². The van der Waals surface area contributed by atoms with Crippen LogP contribution in [-0.4, -0.2) is 49.8 Å². The normalized spacial score (nSPS) is 20.6. The topological polar surface area (TPSA) is 70.6 Å². The van der Waals surface area contributed by atoms with Crippen LogP contribution in [0.15, 0.2) is 29.4 Å². The van der Waals surface area contributed by atoms with Gasteiger partial charge in [-0.1, -0.05) is 26.8 Å². The summed E-state index contributed by atoms with van der Waals surface area (Å²) < 4.78 is 6.09. The van der Waals surface area contributed by atoms with Gasteiger partial charge in [0.25, 0.3) is 0 Å². The third-order valence-electron chi connectivity index (χ3n) is 4.99. The van der Waals surface area contributed by atoms with Crippen molar-refractivity contribution in [3.8, 4) is 0 Å². The highest BCUT2D eigenvalue weighted by molar-refractivity contribution is 5.79. The lowest BCUT2D eigenvalue weighted by atomic mass is 9.78. The number of unbranched alkanes of at least 4 members (excludes halogenated alkanes) is 1. The van der Waals surface area contributed by atoms with Crippen LogP contribution in [0.3, 0.4) is 0 Å². The van der Waals surface area contributed by atoms with Gasteiger partial charge in [0.15, 0.2) is 5.96 Å². The van der Waals surface area contributed by atoms with Crippen molar-refractivity contribution in [3.63, 3.8) is 0 Å². The molecule has 1 aliphatic rings. The van der Waals surface area contributed by atoms with Crippen molar-refractivity contribution in [3.05, 3.63) is 24.4 Å². The standard InChI is InChI=1S/C22H39N5O/c1-5-23-21(26-15-9-8-14-25-19-12-6-7-13-24-19)27-17-18-11-10-16-28-20(18)22(2,3)4/h6-7,12-13,18,20H,5,8-11,14-17H2,1-4H3,(H,24,25)(H2,23,26,27). The molecule has 0 bridgehead atoms. The predicted octanol–water partition coefficient (Wildman–Crippen LogP) is 3.67. The summed E-state index contributed by atoms with van der Waals surface area (Å²) in [6.07, 6.45) is 6.60. The first-order valence-corrected chi connectivity index (χ1v) is 10.8. The average molecular weight is 390 g/mol. The molecule has 158 valence electrons. The van der Waals surface area contributed by atoms with Crippen LogP contribution >= 0.6 is 0 Å². The number of guanidine groups is 1. The van der Waals surface area contributed by atoms with Crippen molar-refractivity contribution in [2.75, 3.05) is 38.1 Å². The molecule has 0 amide bonds. The van der Waals surface area contributed by atoms with E-state index in [1.807, 2.05) is 24.4 Å². The van der Waals surface area contributed by atoms with Crippen LogP contribution in [0.2, 0.25) is 0 Å². The third kappa shape index (κ3) is 8.05. The Morgan fingerprint density at radius 1 is 1.21 bits per heavy atom. The van der Waals surface area contributed by atoms with Gasteiger partial charge in [0, 0.05) is 44.9 Å². The lowest BCUT2D eigenvalue weighted by Gasteiger charge is -2.39. The number of hydrogen-bond acceptors (Lipinski definition) is 4. The number of pyridine rings is 1. The molecule has 3 N–H and O–H groups in total. The van der Waals surface area contributed by atoms with E-state index in [4.69, 9.17) is 9.73 Å². The van der Waals surface area contributed by atoms with E-state index in [9.17, 15) is 0 Å². The van der Waals surface area contributed by atoms with E-state index in [1.165, 1.54) is 6.42 Å². The minimum atomic E-state index is 0.160. The Bertz CT molecular complexity index is 570. The van der Waals surface area contributed by atoms with Crippen LogP contribution in [0.1, 0.15) is 53.4 Å². The predicted molar refractivity (Wildman–Crippen MR) is 118 cm³/mol. The minimum Gasteiger partial charge on any atom is -0.377 e. The highest BCUT2D eigenvalue weighted by Crippen LogP contribution is 2.34. The molecule has 1 aromatic heterocycles. The zero-order valence-electron chi connectivity index (χ0n) is 18.1. The van der Waals surface area contributed by atoms with E-state index in [1.54, 1.807) is 0 Å². The zero-order chi connectivity index (χ0) is 20.2. The molecule has 0 aliphatic carbocycles. The zero-order valence-corrected chi connectivity index (χ0v) is 18.1. The number of rotatable bonds is 9. The number of aromatic nitrogens is 1. The molecule has 1 aliphatic heterocycles. The van der Waals surface area contributed by atoms with Gasteiger partial charge in [-0.15, -0.1) is 0 Å². The Morgan fingerprint density at radius 3 is 2.75 bits per heavy atom. The fraction of sp³-hybridized carbons (Fsp3) is 0.727. The Hall–Kier alpha value is -1.82. The van der Waals surface area contributed by atoms with Crippen LogP contribution in [0.4, 0.5) is 5.82 Å². The molecule has 1 saturated heterocycles. The van der Waals surface area contributed by atoms with Gasteiger partial charge in [-0.05, 0) is 50.2 Å². The number of nitrogens with zero attached hydrogens (tertiary/aromatic N) is 2. The van der Waals surface area contributed by atoms with Crippen molar-refractivity contribution in [1.82, 2.24) is 15.6 Å². The molecule has 0 saturated carbocycles. The van der Waals surface area contributed by atoms with Gasteiger partial charge in [0.1, 0.15) is 5.82 Å². The van der Waals surface area contributed by atoms with Crippen LogP contribution in [-0.2, 0) is 4.74 Å². The molecule has 28 heavy (non-hydrogen) atoms. The van der Waals surface area contributed by atoms with E-state index >= 15 is 0 Å². The molecule has 1 fully saturated rings. The summed E-state index contributed by atoms with van der Waals surface area (Å²) in [4.78, 5) is 9.13. The first-order valence-electron chi connectivity index (χ1n) is 10.8. The van der Waals surface area contributed by atoms with Gasteiger partial charge >= 0.3 is 0 Å². The molecule has 2 heterocycles. The molecule has 2 rings (SSSR count). The highest BCUT2D eigenvalue weighted by Gasteiger charge is 2.35. The Kier molecular flexibility index (Phi) is 9.55. The fourth-order valence-corrected chi connectivity index (χ4v) is 3.68. The first-order chi connectivity index (χ1) is 13.5. The van der Waals surface area contributed by atoms with E-state index in [0.29, 0.717) is 5.92 Å². The van der Waals surface area contributed by atoms with E-state index < -0.39 is 0 Å². The molecule has 2 unspecified atom stereocenters. The van der Waals surface area contributed by atoms with Crippen LogP contribution < -0.4 is 16.0 Å². The Balaban J connectivity index is 1.72. The van der Waals surface area contributed by atoms with E-state index in [0.717, 1.165) is 63.8 Å². The smallest absolute Gasteiger partial charge is 0.191 e. The number of nitrogens with one attached hydrogen (secondary N) is 3. The SMILES string of the molecule is CCNC(=NCC1CCCOC1C(C)(C)C)NCCCCNc1ccccn1. The number of aliphatic imine (C=N–C) groups is 1. The summed E-state index contributed by atoms with van der Waals surface area (Å²) in [5, 5.41) is 10.2. The third-order valence-corrected chi connectivity index (χ3v) is 4.99. The van der Waals surface area contributed by atoms with Crippen LogP contribution in [0.25, 0.3) is 0 Å². The molecule has 0 radical (unpaired) electrons. The van der Waals surface area contributed by atoms with Gasteiger partial charge in [-0.3, -0.25) is 4.99 Å². The number of anilines is 1. The molecule has 6 nitrogen and oxygen atoms in total. The van der Waals surface area contributed by atoms with Gasteiger partial charge in [-0.25, -0.2) is 4.98 Å². The summed E-state index contributed by atoms with van der Waals surface area (Å²) in [6.45, 7) is 13.3. The molecule has 0 aromatic carbocycles. The second-order valence-electron chi connectivity index (χ2n) is 8.55. The first kappa shape index (κ1) is 22.5. The lowest BCUT2D eigenvalue weighted by molar-refractivity contribution is -0.0823. The summed E-state index contributed by atoms with van der Waals surface area (Å²) in [7, 11) is 0. The maximum absolute atomic E-state index is 6.09. The lowest BCUT2D eigenvalue weighted by Crippen LogP contribution is -2.43. The van der Waals surface area contributed by atoms with E-state index in [-0.39, 0.29) is 11.5 Å². The van der Waals surface area contributed by atoms with Crippen molar-refractivity contribution in [2.24, 2.45) is 16.3 Å². The fourth-order valence-electron chi connectivity index (χ4n) is 3.68. The maximum Gasteiger partial charge on any atom is 0.191 e. The highest BCUT2D eigenvalue weighted by atomic mass is 16.5. The largest absolute Gasteiger partial charge is 0.377 e. The van der Waals surface area contributed by atoms with E-state index in [2.05, 4.69) is 48.6 Å². The summed E-state index contributed by atoms with van der Waals surface area (Å²) in [5.74, 6) is 2.35. The molecule has 2 atom stereocenters. The molecular weight excluding hydrogens is 350 g/mol. The second kappa shape index (κ2) is 11.9. The van der Waals surface area contributed by atoms with Crippen LogP contribution in [0.5, 0.6) is 0 Å². The number of hydrogen-bond donors (Lipinski definition) is 3. The second-order valence-corrected chi connectivity index (χ2v) is 8.55. The number of ether oxygens (including phenoxy) is 1. The van der Waals surface area contributed by atoms with Gasteiger partial charge < -0.3 is 20.7 Å². The van der Waals surface area contributed by atoms with Gasteiger partial charge in [0.2, 0.25) is 0 Å². The summed E-state index contributed by atoms with van der Waals surface area (Å²) in [6, 6.07) is 5.92. The Labute approximate surface area is 171 Å². The average Bonchev–Trinajstić information content (AvgIpc) is 2.69. The van der Waals surface area contributed by atoms with Crippen LogP contribution in [0, 0.1) is 11.3 Å². The molecule has 6 heteroatoms. The minimum absolute atomic E-state index is 0.160. The summed E-state index contributed by atoms with van der Waals surface area (Å²) >= 11 is 0. The molecular formula is C22H39N5O. The van der Waals surface area contributed by atoms with Crippen molar-refractivity contribution in [2.45, 2.75) is 59.5 Å².